The third-order valence-electron chi connectivity index (χ3n) is 2.74. The van der Waals surface area contributed by atoms with Crippen molar-refractivity contribution in [1.82, 2.24) is 9.97 Å². The highest BCUT2D eigenvalue weighted by Crippen LogP contribution is 2.28. The molecule has 6 heteroatoms. The van der Waals surface area contributed by atoms with Gasteiger partial charge in [-0.2, -0.15) is 0 Å². The molecule has 0 amide bonds. The van der Waals surface area contributed by atoms with E-state index in [0.29, 0.717) is 12.2 Å². The first kappa shape index (κ1) is 13.8. The molecular formula is C14H15N3O3. The minimum Gasteiger partial charge on any atom is -0.478 e. The van der Waals surface area contributed by atoms with Crippen molar-refractivity contribution in [2.45, 2.75) is 20.3 Å². The van der Waals surface area contributed by atoms with Crippen LogP contribution in [0.1, 0.15) is 28.7 Å². The zero-order chi connectivity index (χ0) is 14.7. The molecule has 0 saturated heterocycles. The molecule has 0 atom stereocenters. The van der Waals surface area contributed by atoms with E-state index < -0.39 is 5.97 Å². The highest BCUT2D eigenvalue weighted by Gasteiger charge is 2.12. The van der Waals surface area contributed by atoms with Crippen molar-refractivity contribution in [2.75, 3.05) is 5.73 Å². The first-order chi connectivity index (χ1) is 9.51. The Kier molecular flexibility index (Phi) is 3.84. The summed E-state index contributed by atoms with van der Waals surface area (Å²) in [6.45, 7) is 3.87. The van der Waals surface area contributed by atoms with Crippen LogP contribution in [0.4, 0.5) is 5.69 Å². The molecular weight excluding hydrogens is 258 g/mol. The van der Waals surface area contributed by atoms with Crippen LogP contribution in [0.5, 0.6) is 11.6 Å². The fraction of sp³-hybridized carbons (Fsp3) is 0.214. The van der Waals surface area contributed by atoms with Crippen LogP contribution < -0.4 is 10.5 Å². The van der Waals surface area contributed by atoms with Crippen molar-refractivity contribution in [3.05, 3.63) is 41.3 Å². The molecule has 0 radical (unpaired) electrons. The van der Waals surface area contributed by atoms with E-state index in [1.165, 1.54) is 12.3 Å². The fourth-order valence-electron chi connectivity index (χ4n) is 1.72. The minimum atomic E-state index is -1.08. The van der Waals surface area contributed by atoms with Gasteiger partial charge in [0.15, 0.2) is 5.75 Å². The summed E-state index contributed by atoms with van der Waals surface area (Å²) in [4.78, 5) is 19.1. The number of hydrogen-bond acceptors (Lipinski definition) is 5. The first-order valence-corrected chi connectivity index (χ1v) is 6.14. The number of carboxylic acid groups (broad SMARTS) is 1. The van der Waals surface area contributed by atoms with E-state index in [0.717, 1.165) is 11.4 Å². The van der Waals surface area contributed by atoms with Gasteiger partial charge in [-0.05, 0) is 31.5 Å². The fourth-order valence-corrected chi connectivity index (χ4v) is 1.72. The van der Waals surface area contributed by atoms with E-state index in [4.69, 9.17) is 15.6 Å². The molecule has 0 aromatic carbocycles. The SMILES string of the molecule is CCc1nc(C)ccc1Oc1ncc(C(=O)O)cc1N. The molecule has 0 aliphatic heterocycles. The van der Waals surface area contributed by atoms with Gasteiger partial charge in [0.25, 0.3) is 0 Å². The number of carboxylic acids is 1. The molecule has 104 valence electrons. The molecule has 0 bridgehead atoms. The summed E-state index contributed by atoms with van der Waals surface area (Å²) in [6.07, 6.45) is 1.92. The lowest BCUT2D eigenvalue weighted by molar-refractivity contribution is 0.0696. The number of ether oxygens (including phenoxy) is 1. The monoisotopic (exact) mass is 273 g/mol. The Hall–Kier alpha value is -2.63. The van der Waals surface area contributed by atoms with Crippen molar-refractivity contribution in [3.8, 4) is 11.6 Å². The van der Waals surface area contributed by atoms with Gasteiger partial charge in [0.05, 0.1) is 16.9 Å². The molecule has 0 aliphatic carbocycles. The van der Waals surface area contributed by atoms with Crippen molar-refractivity contribution < 1.29 is 14.6 Å². The van der Waals surface area contributed by atoms with Gasteiger partial charge in [-0.3, -0.25) is 4.98 Å². The van der Waals surface area contributed by atoms with Crippen molar-refractivity contribution in [1.29, 1.82) is 0 Å². The largest absolute Gasteiger partial charge is 0.478 e. The number of aromatic nitrogens is 2. The maximum Gasteiger partial charge on any atom is 0.337 e. The summed E-state index contributed by atoms with van der Waals surface area (Å²) in [7, 11) is 0. The number of rotatable bonds is 4. The Morgan fingerprint density at radius 1 is 1.45 bits per heavy atom. The molecule has 0 unspecified atom stereocenters. The van der Waals surface area contributed by atoms with E-state index in [-0.39, 0.29) is 17.1 Å². The smallest absolute Gasteiger partial charge is 0.337 e. The molecule has 2 aromatic heterocycles. The average Bonchev–Trinajstić information content (AvgIpc) is 2.42. The van der Waals surface area contributed by atoms with Crippen LogP contribution in [0.25, 0.3) is 0 Å². The van der Waals surface area contributed by atoms with Gasteiger partial charge < -0.3 is 15.6 Å². The zero-order valence-electron chi connectivity index (χ0n) is 11.3. The number of aromatic carboxylic acids is 1. The lowest BCUT2D eigenvalue weighted by atomic mass is 10.2. The van der Waals surface area contributed by atoms with Crippen LogP contribution in [0, 0.1) is 6.92 Å². The van der Waals surface area contributed by atoms with Gasteiger partial charge >= 0.3 is 5.97 Å². The Morgan fingerprint density at radius 2 is 2.20 bits per heavy atom. The van der Waals surface area contributed by atoms with Crippen LogP contribution in [0.3, 0.4) is 0 Å². The van der Waals surface area contributed by atoms with Gasteiger partial charge in [0.1, 0.15) is 0 Å². The van der Waals surface area contributed by atoms with Crippen LogP contribution >= 0.6 is 0 Å². The molecule has 0 aliphatic rings. The predicted molar refractivity (Wildman–Crippen MR) is 74.0 cm³/mol. The Morgan fingerprint density at radius 3 is 2.80 bits per heavy atom. The van der Waals surface area contributed by atoms with Crippen molar-refractivity contribution >= 4 is 11.7 Å². The maximum atomic E-state index is 10.8. The van der Waals surface area contributed by atoms with Crippen molar-refractivity contribution in [2.24, 2.45) is 0 Å². The average molecular weight is 273 g/mol. The molecule has 20 heavy (non-hydrogen) atoms. The second-order valence-corrected chi connectivity index (χ2v) is 4.28. The number of nitrogens with two attached hydrogens (primary N) is 1. The van der Waals surface area contributed by atoms with Gasteiger partial charge in [0.2, 0.25) is 5.88 Å². The highest BCUT2D eigenvalue weighted by molar-refractivity contribution is 5.88. The number of anilines is 1. The maximum absolute atomic E-state index is 10.8. The Balaban J connectivity index is 2.33. The second kappa shape index (κ2) is 5.56. The summed E-state index contributed by atoms with van der Waals surface area (Å²) in [6, 6.07) is 4.95. The molecule has 0 spiro atoms. The van der Waals surface area contributed by atoms with Crippen LogP contribution in [0.15, 0.2) is 24.4 Å². The summed E-state index contributed by atoms with van der Waals surface area (Å²) in [5, 5.41) is 8.86. The van der Waals surface area contributed by atoms with E-state index in [1.807, 2.05) is 19.9 Å². The van der Waals surface area contributed by atoms with E-state index in [1.54, 1.807) is 6.07 Å². The van der Waals surface area contributed by atoms with E-state index >= 15 is 0 Å². The number of pyridine rings is 2. The van der Waals surface area contributed by atoms with E-state index in [2.05, 4.69) is 9.97 Å². The Labute approximate surface area is 116 Å². The number of hydrogen-bond donors (Lipinski definition) is 2. The van der Waals surface area contributed by atoms with Gasteiger partial charge in [-0.25, -0.2) is 9.78 Å². The summed E-state index contributed by atoms with van der Waals surface area (Å²) >= 11 is 0. The summed E-state index contributed by atoms with van der Waals surface area (Å²) < 4.78 is 5.63. The third-order valence-corrected chi connectivity index (χ3v) is 2.74. The van der Waals surface area contributed by atoms with Crippen LogP contribution in [0.2, 0.25) is 0 Å². The highest BCUT2D eigenvalue weighted by atomic mass is 16.5. The molecule has 0 saturated carbocycles. The lowest BCUT2D eigenvalue weighted by Gasteiger charge is -2.11. The Bertz CT molecular complexity index is 656. The number of carbonyl (C=O) groups is 1. The summed E-state index contributed by atoms with van der Waals surface area (Å²) in [5.74, 6) is -0.335. The van der Waals surface area contributed by atoms with Crippen molar-refractivity contribution in [3.63, 3.8) is 0 Å². The van der Waals surface area contributed by atoms with Gasteiger partial charge in [-0.15, -0.1) is 0 Å². The molecule has 2 aromatic rings. The topological polar surface area (TPSA) is 98.3 Å². The number of nitrogens with zero attached hydrogens (tertiary/aromatic N) is 2. The van der Waals surface area contributed by atoms with Crippen LogP contribution in [-0.2, 0) is 6.42 Å². The second-order valence-electron chi connectivity index (χ2n) is 4.28. The minimum absolute atomic E-state index is 0.0209. The van der Waals surface area contributed by atoms with E-state index in [9.17, 15) is 4.79 Å². The third kappa shape index (κ3) is 2.85. The summed E-state index contributed by atoms with van der Waals surface area (Å²) in [5.41, 5.74) is 7.65. The predicted octanol–water partition coefficient (Wildman–Crippen LogP) is 2.42. The quantitative estimate of drug-likeness (QED) is 0.887. The lowest BCUT2D eigenvalue weighted by Crippen LogP contribution is -2.03. The van der Waals surface area contributed by atoms with Gasteiger partial charge in [-0.1, -0.05) is 6.92 Å². The number of aryl methyl sites for hydroxylation is 2. The molecule has 6 nitrogen and oxygen atoms in total. The molecule has 3 N–H and O–H groups in total. The molecule has 2 heterocycles. The zero-order valence-corrected chi connectivity index (χ0v) is 11.3. The first-order valence-electron chi connectivity index (χ1n) is 6.14. The standard InChI is InChI=1S/C14H15N3O3/c1-3-11-12(5-4-8(2)17-11)20-13-10(15)6-9(7-16-13)14(18)19/h4-7H,3,15H2,1-2H3,(H,18,19). The normalized spacial score (nSPS) is 10.3. The van der Waals surface area contributed by atoms with Gasteiger partial charge in [0, 0.05) is 11.9 Å². The molecule has 2 rings (SSSR count). The number of nitrogen functional groups attached to an aromatic ring is 1. The molecule has 0 fully saturated rings. The van der Waals surface area contributed by atoms with Crippen LogP contribution in [-0.4, -0.2) is 21.0 Å².